The van der Waals surface area contributed by atoms with E-state index in [-0.39, 0.29) is 23.9 Å². The standard InChI is InChI=1S/C29H28N6O4S/c1-3-23(36)34-13-5-6-18(16-34)32-27(37)26-25-24-22(10-12-31-28(24)40-26)35(29(38)33-25)21-9-8-19(14-17(21)2)39-20-7-4-11-30-15-20/h4,7-12,14-15,18H,3,5-6,13,16H2,1-2H3,(H,32,37)(H,33,38)/t18-/m1/s1. The summed E-state index contributed by atoms with van der Waals surface area (Å²) in [6.45, 7) is 4.95. The largest absolute Gasteiger partial charge is 0.456 e. The van der Waals surface area contributed by atoms with Crippen molar-refractivity contribution >= 4 is 56.5 Å². The van der Waals surface area contributed by atoms with E-state index in [1.165, 1.54) is 11.3 Å². The Bertz CT molecular complexity index is 1620. The second-order valence-electron chi connectivity index (χ2n) is 9.83. The molecular formula is C29H28N6O4S. The maximum atomic E-state index is 13.5. The number of likely N-dealkylation sites (tertiary alicyclic amines) is 1. The normalized spacial score (nSPS) is 16.6. The van der Waals surface area contributed by atoms with E-state index in [1.807, 2.05) is 32.0 Å². The van der Waals surface area contributed by atoms with E-state index in [0.29, 0.717) is 57.8 Å². The molecule has 1 atom stereocenters. The Kier molecular flexibility index (Phi) is 6.81. The average Bonchev–Trinajstić information content (AvgIpc) is 3.33. The molecule has 0 radical (unpaired) electrons. The van der Waals surface area contributed by atoms with Gasteiger partial charge in [-0.1, -0.05) is 6.92 Å². The van der Waals surface area contributed by atoms with Crippen molar-refractivity contribution in [2.24, 2.45) is 0 Å². The van der Waals surface area contributed by atoms with Crippen LogP contribution in [0.2, 0.25) is 0 Å². The number of rotatable bonds is 6. The SMILES string of the molecule is CCC(=O)N1CCC[C@@H](NC(=O)c2sc3nccc4c3c2NC(=O)N4c2ccc(Oc3cccnc3)cc2C)C1. The molecule has 4 amide bonds. The highest BCUT2D eigenvalue weighted by atomic mass is 32.1. The molecule has 2 aliphatic heterocycles. The topological polar surface area (TPSA) is 117 Å². The van der Waals surface area contributed by atoms with Gasteiger partial charge in [0.05, 0.1) is 28.6 Å². The van der Waals surface area contributed by atoms with Gasteiger partial charge in [0.2, 0.25) is 5.91 Å². The van der Waals surface area contributed by atoms with Crippen molar-refractivity contribution in [3.63, 3.8) is 0 Å². The number of aromatic nitrogens is 2. The Labute approximate surface area is 235 Å². The first-order valence-corrected chi connectivity index (χ1v) is 14.0. The van der Waals surface area contributed by atoms with E-state index in [1.54, 1.807) is 46.6 Å². The van der Waals surface area contributed by atoms with Gasteiger partial charge in [-0.25, -0.2) is 9.78 Å². The number of hydrogen-bond acceptors (Lipinski definition) is 7. The Hall–Kier alpha value is -4.51. The van der Waals surface area contributed by atoms with Gasteiger partial charge < -0.3 is 20.3 Å². The third-order valence-electron chi connectivity index (χ3n) is 7.14. The molecule has 11 heteroatoms. The van der Waals surface area contributed by atoms with Crippen LogP contribution < -0.4 is 20.3 Å². The zero-order valence-electron chi connectivity index (χ0n) is 22.1. The number of urea groups is 1. The second kappa shape index (κ2) is 10.6. The van der Waals surface area contributed by atoms with Crippen LogP contribution in [0.25, 0.3) is 10.2 Å². The fraction of sp³-hybridized carbons (Fsp3) is 0.276. The highest BCUT2D eigenvalue weighted by molar-refractivity contribution is 7.21. The zero-order chi connectivity index (χ0) is 27.8. The lowest BCUT2D eigenvalue weighted by Crippen LogP contribution is -2.49. The van der Waals surface area contributed by atoms with Gasteiger partial charge in [0.1, 0.15) is 21.2 Å². The van der Waals surface area contributed by atoms with Crippen LogP contribution in [0.1, 0.15) is 41.4 Å². The van der Waals surface area contributed by atoms with E-state index in [2.05, 4.69) is 20.6 Å². The summed E-state index contributed by atoms with van der Waals surface area (Å²) < 4.78 is 5.90. The number of carbonyl (C=O) groups excluding carboxylic acids is 3. The average molecular weight is 557 g/mol. The van der Waals surface area contributed by atoms with Gasteiger partial charge in [0.15, 0.2) is 0 Å². The molecule has 0 saturated carbocycles. The van der Waals surface area contributed by atoms with E-state index in [0.717, 1.165) is 23.8 Å². The summed E-state index contributed by atoms with van der Waals surface area (Å²) in [6, 6.07) is 10.4. The predicted molar refractivity (Wildman–Crippen MR) is 154 cm³/mol. The van der Waals surface area contributed by atoms with Crippen molar-refractivity contribution in [2.45, 2.75) is 39.2 Å². The highest BCUT2D eigenvalue weighted by Crippen LogP contribution is 2.46. The van der Waals surface area contributed by atoms with Crippen LogP contribution in [0.15, 0.2) is 55.0 Å². The molecule has 3 aromatic heterocycles. The third-order valence-corrected chi connectivity index (χ3v) is 8.24. The van der Waals surface area contributed by atoms with Crippen LogP contribution >= 0.6 is 11.3 Å². The number of amides is 4. The molecule has 1 fully saturated rings. The molecule has 0 bridgehead atoms. The first-order chi connectivity index (χ1) is 19.4. The fourth-order valence-electron chi connectivity index (χ4n) is 5.27. The van der Waals surface area contributed by atoms with Gasteiger partial charge in [-0.3, -0.25) is 19.5 Å². The Morgan fingerprint density at radius 2 is 2.05 bits per heavy atom. The van der Waals surface area contributed by atoms with E-state index >= 15 is 0 Å². The minimum atomic E-state index is -0.367. The lowest BCUT2D eigenvalue weighted by molar-refractivity contribution is -0.132. The monoisotopic (exact) mass is 556 g/mol. The Morgan fingerprint density at radius 3 is 2.83 bits per heavy atom. The molecule has 0 spiro atoms. The van der Waals surface area contributed by atoms with E-state index in [4.69, 9.17) is 4.74 Å². The van der Waals surface area contributed by atoms with Gasteiger partial charge in [0, 0.05) is 37.9 Å². The summed E-state index contributed by atoms with van der Waals surface area (Å²) in [5.41, 5.74) is 2.64. The fourth-order valence-corrected chi connectivity index (χ4v) is 6.29. The molecular weight excluding hydrogens is 528 g/mol. The van der Waals surface area contributed by atoms with Gasteiger partial charge in [-0.15, -0.1) is 11.3 Å². The summed E-state index contributed by atoms with van der Waals surface area (Å²) in [6.07, 6.45) is 7.03. The number of nitrogens with zero attached hydrogens (tertiary/aromatic N) is 4. The molecule has 2 N–H and O–H groups in total. The molecule has 6 rings (SSSR count). The Balaban J connectivity index is 1.29. The van der Waals surface area contributed by atoms with Crippen LogP contribution in [0.3, 0.4) is 0 Å². The van der Waals surface area contributed by atoms with Gasteiger partial charge in [0.25, 0.3) is 5.91 Å². The number of benzene rings is 1. The van der Waals surface area contributed by atoms with Crippen molar-refractivity contribution < 1.29 is 19.1 Å². The smallest absolute Gasteiger partial charge is 0.331 e. The van der Waals surface area contributed by atoms with E-state index < -0.39 is 0 Å². The molecule has 5 heterocycles. The summed E-state index contributed by atoms with van der Waals surface area (Å²) in [7, 11) is 0. The minimum Gasteiger partial charge on any atom is -0.456 e. The molecule has 10 nitrogen and oxygen atoms in total. The van der Waals surface area contributed by atoms with Crippen molar-refractivity contribution in [1.82, 2.24) is 20.2 Å². The molecule has 40 heavy (non-hydrogen) atoms. The number of carbonyl (C=O) groups is 3. The van der Waals surface area contributed by atoms with Crippen molar-refractivity contribution in [3.05, 3.63) is 65.4 Å². The molecule has 4 aromatic rings. The number of ether oxygens (including phenoxy) is 1. The van der Waals surface area contributed by atoms with Crippen molar-refractivity contribution in [3.8, 4) is 11.5 Å². The molecule has 0 unspecified atom stereocenters. The van der Waals surface area contributed by atoms with Gasteiger partial charge in [-0.2, -0.15) is 0 Å². The molecule has 2 aliphatic rings. The van der Waals surface area contributed by atoms with Crippen LogP contribution in [-0.4, -0.2) is 51.8 Å². The Morgan fingerprint density at radius 1 is 1.18 bits per heavy atom. The third kappa shape index (κ3) is 4.73. The van der Waals surface area contributed by atoms with E-state index in [9.17, 15) is 14.4 Å². The molecule has 1 aromatic carbocycles. The maximum Gasteiger partial charge on any atom is 0.331 e. The number of thiophene rings is 1. The molecule has 1 saturated heterocycles. The first kappa shape index (κ1) is 25.8. The summed E-state index contributed by atoms with van der Waals surface area (Å²) >= 11 is 1.25. The van der Waals surface area contributed by atoms with Gasteiger partial charge in [-0.05, 0) is 61.7 Å². The number of aryl methyl sites for hydroxylation is 1. The summed E-state index contributed by atoms with van der Waals surface area (Å²) in [5, 5.41) is 6.75. The highest BCUT2D eigenvalue weighted by Gasteiger charge is 2.34. The van der Waals surface area contributed by atoms with Crippen molar-refractivity contribution in [1.29, 1.82) is 0 Å². The van der Waals surface area contributed by atoms with Crippen LogP contribution in [-0.2, 0) is 4.79 Å². The van der Waals surface area contributed by atoms with Crippen LogP contribution in [0, 0.1) is 6.92 Å². The predicted octanol–water partition coefficient (Wildman–Crippen LogP) is 5.61. The molecule has 0 aliphatic carbocycles. The summed E-state index contributed by atoms with van der Waals surface area (Å²) in [4.78, 5) is 52.2. The molecule has 204 valence electrons. The lowest BCUT2D eigenvalue weighted by atomic mass is 10.0. The van der Waals surface area contributed by atoms with Crippen LogP contribution in [0.4, 0.5) is 21.9 Å². The van der Waals surface area contributed by atoms with Crippen LogP contribution in [0.5, 0.6) is 11.5 Å². The number of pyridine rings is 2. The minimum absolute atomic E-state index is 0.0871. The quantitative estimate of drug-likeness (QED) is 0.319. The first-order valence-electron chi connectivity index (χ1n) is 13.2. The van der Waals surface area contributed by atoms with Crippen molar-refractivity contribution in [2.75, 3.05) is 23.3 Å². The second-order valence-corrected chi connectivity index (χ2v) is 10.8. The number of piperidine rings is 1. The summed E-state index contributed by atoms with van der Waals surface area (Å²) in [5.74, 6) is 1.06. The maximum absolute atomic E-state index is 13.5. The van der Waals surface area contributed by atoms with Gasteiger partial charge >= 0.3 is 6.03 Å². The number of nitrogens with one attached hydrogen (secondary N) is 2. The zero-order valence-corrected chi connectivity index (χ0v) is 23.0. The number of anilines is 3. The lowest BCUT2D eigenvalue weighted by Gasteiger charge is -2.33. The number of hydrogen-bond donors (Lipinski definition) is 2.